The van der Waals surface area contributed by atoms with Crippen LogP contribution >= 0.6 is 0 Å². The van der Waals surface area contributed by atoms with Gasteiger partial charge in [-0.3, -0.25) is 4.79 Å². The first-order valence-corrected chi connectivity index (χ1v) is 12.1. The van der Waals surface area contributed by atoms with Crippen molar-refractivity contribution in [3.05, 3.63) is 29.8 Å². The summed E-state index contributed by atoms with van der Waals surface area (Å²) in [5, 5.41) is 3.39. The first-order chi connectivity index (χ1) is 14.7. The first-order valence-electron chi connectivity index (χ1n) is 12.1. The SMILES string of the molecule is CCOCC1CCCN(C[C@H]2CCCCC2NC(=O)C2CCc3ccccc3O2)C1. The van der Waals surface area contributed by atoms with Crippen LogP contribution in [0.2, 0.25) is 0 Å². The van der Waals surface area contributed by atoms with Gasteiger partial charge in [-0.05, 0) is 75.5 Å². The van der Waals surface area contributed by atoms with Crippen LogP contribution in [0.4, 0.5) is 0 Å². The Hall–Kier alpha value is -1.59. The summed E-state index contributed by atoms with van der Waals surface area (Å²) in [6.07, 6.45) is 8.67. The summed E-state index contributed by atoms with van der Waals surface area (Å²) in [5.74, 6) is 2.16. The molecule has 1 aromatic rings. The number of benzene rings is 1. The zero-order chi connectivity index (χ0) is 20.8. The Morgan fingerprint density at radius 1 is 1.17 bits per heavy atom. The number of para-hydroxylation sites is 1. The van der Waals surface area contributed by atoms with Crippen LogP contribution in [0.5, 0.6) is 5.75 Å². The lowest BCUT2D eigenvalue weighted by atomic mass is 9.83. The van der Waals surface area contributed by atoms with Crippen LogP contribution in [0.25, 0.3) is 0 Å². The fraction of sp³-hybridized carbons (Fsp3) is 0.720. The van der Waals surface area contributed by atoms with Gasteiger partial charge in [-0.1, -0.05) is 31.0 Å². The van der Waals surface area contributed by atoms with Gasteiger partial charge >= 0.3 is 0 Å². The Morgan fingerprint density at radius 2 is 2.03 bits per heavy atom. The number of amides is 1. The van der Waals surface area contributed by atoms with E-state index in [2.05, 4.69) is 23.2 Å². The summed E-state index contributed by atoms with van der Waals surface area (Å²) in [4.78, 5) is 15.6. The van der Waals surface area contributed by atoms with Gasteiger partial charge in [-0.2, -0.15) is 0 Å². The molecule has 2 heterocycles. The minimum absolute atomic E-state index is 0.0780. The molecule has 0 aromatic heterocycles. The van der Waals surface area contributed by atoms with E-state index < -0.39 is 0 Å². The van der Waals surface area contributed by atoms with Gasteiger partial charge in [0.25, 0.3) is 5.91 Å². The molecule has 1 saturated carbocycles. The number of fused-ring (bicyclic) bond motifs is 1. The van der Waals surface area contributed by atoms with Gasteiger partial charge in [0.2, 0.25) is 0 Å². The molecule has 0 spiro atoms. The van der Waals surface area contributed by atoms with Crippen LogP contribution in [-0.2, 0) is 16.0 Å². The van der Waals surface area contributed by atoms with E-state index in [4.69, 9.17) is 9.47 Å². The minimum atomic E-state index is -0.354. The number of hydrogen-bond acceptors (Lipinski definition) is 4. The molecule has 1 N–H and O–H groups in total. The molecule has 3 aliphatic rings. The molecule has 1 aliphatic carbocycles. The number of hydrogen-bond donors (Lipinski definition) is 1. The maximum absolute atomic E-state index is 13.0. The molecule has 4 rings (SSSR count). The molecule has 0 bridgehead atoms. The second-order valence-electron chi connectivity index (χ2n) is 9.34. The van der Waals surface area contributed by atoms with Crippen molar-refractivity contribution >= 4 is 5.91 Å². The first kappa shape index (κ1) is 21.6. The fourth-order valence-corrected chi connectivity index (χ4v) is 5.47. The highest BCUT2D eigenvalue weighted by molar-refractivity contribution is 5.81. The second kappa shape index (κ2) is 10.6. The molecule has 4 atom stereocenters. The molecule has 1 aromatic carbocycles. The Bertz CT molecular complexity index is 695. The summed E-state index contributed by atoms with van der Waals surface area (Å²) in [7, 11) is 0. The highest BCUT2D eigenvalue weighted by Gasteiger charge is 2.33. The second-order valence-corrected chi connectivity index (χ2v) is 9.34. The summed E-state index contributed by atoms with van der Waals surface area (Å²) >= 11 is 0. The number of likely N-dealkylation sites (tertiary alicyclic amines) is 1. The van der Waals surface area contributed by atoms with Crippen LogP contribution in [0, 0.1) is 11.8 Å². The zero-order valence-corrected chi connectivity index (χ0v) is 18.5. The van der Waals surface area contributed by atoms with Gasteiger partial charge in [-0.25, -0.2) is 0 Å². The monoisotopic (exact) mass is 414 g/mol. The Labute approximate surface area is 181 Å². The number of nitrogens with zero attached hydrogens (tertiary/aromatic N) is 1. The van der Waals surface area contributed by atoms with Gasteiger partial charge < -0.3 is 19.7 Å². The standard InChI is InChI=1S/C25H38N2O3/c1-2-29-18-19-8-7-15-27(16-19)17-21-10-3-5-11-22(21)26-25(28)24-14-13-20-9-4-6-12-23(20)30-24/h4,6,9,12,19,21-22,24H,2-3,5,7-8,10-11,13-18H2,1H3,(H,26,28)/t19?,21-,22?,24?/m1/s1. The molecule has 5 heteroatoms. The molecule has 166 valence electrons. The van der Waals surface area contributed by atoms with E-state index in [1.165, 1.54) is 44.2 Å². The number of carbonyl (C=O) groups excluding carboxylic acids is 1. The molecule has 1 saturated heterocycles. The van der Waals surface area contributed by atoms with Gasteiger partial charge in [0, 0.05) is 25.7 Å². The van der Waals surface area contributed by atoms with Crippen molar-refractivity contribution in [3.63, 3.8) is 0 Å². The van der Waals surface area contributed by atoms with Crippen molar-refractivity contribution in [1.29, 1.82) is 0 Å². The van der Waals surface area contributed by atoms with Gasteiger partial charge in [-0.15, -0.1) is 0 Å². The molecule has 3 unspecified atom stereocenters. The van der Waals surface area contributed by atoms with E-state index >= 15 is 0 Å². The maximum atomic E-state index is 13.0. The predicted molar refractivity (Wildman–Crippen MR) is 119 cm³/mol. The minimum Gasteiger partial charge on any atom is -0.480 e. The number of rotatable bonds is 7. The number of ether oxygens (including phenoxy) is 2. The molecule has 2 aliphatic heterocycles. The van der Waals surface area contributed by atoms with Crippen molar-refractivity contribution in [3.8, 4) is 5.75 Å². The summed E-state index contributed by atoms with van der Waals surface area (Å²) in [6.45, 7) is 7.19. The molecule has 1 amide bonds. The van der Waals surface area contributed by atoms with Crippen molar-refractivity contribution in [2.24, 2.45) is 11.8 Å². The number of nitrogens with one attached hydrogen (secondary N) is 1. The average molecular weight is 415 g/mol. The third-order valence-electron chi connectivity index (χ3n) is 7.10. The highest BCUT2D eigenvalue weighted by Crippen LogP contribution is 2.30. The van der Waals surface area contributed by atoms with Crippen LogP contribution in [0.1, 0.15) is 57.4 Å². The lowest BCUT2D eigenvalue weighted by molar-refractivity contribution is -0.130. The quantitative estimate of drug-likeness (QED) is 0.737. The lowest BCUT2D eigenvalue weighted by Crippen LogP contribution is -2.51. The number of aryl methyl sites for hydroxylation is 1. The summed E-state index contributed by atoms with van der Waals surface area (Å²) < 4.78 is 11.7. The largest absolute Gasteiger partial charge is 0.480 e. The number of carbonyl (C=O) groups is 1. The third kappa shape index (κ3) is 5.55. The maximum Gasteiger partial charge on any atom is 0.261 e. The summed E-state index contributed by atoms with van der Waals surface area (Å²) in [5.41, 5.74) is 1.21. The molecule has 30 heavy (non-hydrogen) atoms. The smallest absolute Gasteiger partial charge is 0.261 e. The van der Waals surface area contributed by atoms with Crippen molar-refractivity contribution in [1.82, 2.24) is 10.2 Å². The highest BCUT2D eigenvalue weighted by atomic mass is 16.5. The third-order valence-corrected chi connectivity index (χ3v) is 7.10. The van der Waals surface area contributed by atoms with Gasteiger partial charge in [0.15, 0.2) is 6.10 Å². The van der Waals surface area contributed by atoms with Crippen molar-refractivity contribution in [2.75, 3.05) is 32.8 Å². The van der Waals surface area contributed by atoms with E-state index in [0.29, 0.717) is 11.8 Å². The van der Waals surface area contributed by atoms with E-state index in [-0.39, 0.29) is 18.1 Å². The van der Waals surface area contributed by atoms with Gasteiger partial charge in [0.1, 0.15) is 5.75 Å². The van der Waals surface area contributed by atoms with Gasteiger partial charge in [0.05, 0.1) is 6.61 Å². The van der Waals surface area contributed by atoms with E-state index in [9.17, 15) is 4.79 Å². The molecule has 2 fully saturated rings. The molecule has 0 radical (unpaired) electrons. The van der Waals surface area contributed by atoms with Crippen molar-refractivity contribution in [2.45, 2.75) is 70.4 Å². The van der Waals surface area contributed by atoms with Crippen LogP contribution in [0.3, 0.4) is 0 Å². The normalized spacial score (nSPS) is 29.6. The van der Waals surface area contributed by atoms with E-state index in [1.54, 1.807) is 0 Å². The summed E-state index contributed by atoms with van der Waals surface area (Å²) in [6, 6.07) is 8.37. The Balaban J connectivity index is 1.31. The molecule has 5 nitrogen and oxygen atoms in total. The fourth-order valence-electron chi connectivity index (χ4n) is 5.47. The Morgan fingerprint density at radius 3 is 2.93 bits per heavy atom. The van der Waals surface area contributed by atoms with Crippen LogP contribution < -0.4 is 10.1 Å². The zero-order valence-electron chi connectivity index (χ0n) is 18.5. The lowest BCUT2D eigenvalue weighted by Gasteiger charge is -2.39. The predicted octanol–water partition coefficient (Wildman–Crippen LogP) is 3.80. The molecular formula is C25H38N2O3. The number of piperidine rings is 1. The molecular weight excluding hydrogens is 376 g/mol. The topological polar surface area (TPSA) is 50.8 Å². The van der Waals surface area contributed by atoms with Crippen molar-refractivity contribution < 1.29 is 14.3 Å². The average Bonchev–Trinajstić information content (AvgIpc) is 2.79. The Kier molecular flexibility index (Phi) is 7.67. The van der Waals surface area contributed by atoms with E-state index in [1.807, 2.05) is 18.2 Å². The van der Waals surface area contributed by atoms with Crippen LogP contribution in [0.15, 0.2) is 24.3 Å². The van der Waals surface area contributed by atoms with Crippen LogP contribution in [-0.4, -0.2) is 55.8 Å². The van der Waals surface area contributed by atoms with E-state index in [0.717, 1.165) is 51.3 Å².